The third kappa shape index (κ3) is 6.58. The lowest BCUT2D eigenvalue weighted by Crippen LogP contribution is -2.50. The fourth-order valence-electron chi connectivity index (χ4n) is 4.12. The molecule has 1 amide bonds. The highest BCUT2D eigenvalue weighted by atomic mass is 35.5. The summed E-state index contributed by atoms with van der Waals surface area (Å²) in [6.45, 7) is 9.43. The molecule has 0 atom stereocenters. The summed E-state index contributed by atoms with van der Waals surface area (Å²) in [6.07, 6.45) is 0. The van der Waals surface area contributed by atoms with E-state index in [-0.39, 0.29) is 24.9 Å². The van der Waals surface area contributed by atoms with Crippen LogP contribution in [-0.4, -0.2) is 46.8 Å². The molecule has 0 unspecified atom stereocenters. The minimum atomic E-state index is -0.000880. The number of carbonyl (C=O) groups is 1. The van der Waals surface area contributed by atoms with Gasteiger partial charge in [-0.3, -0.25) is 19.3 Å². The molecule has 3 aromatic rings. The summed E-state index contributed by atoms with van der Waals surface area (Å²) in [5.74, 6) is 1.85. The van der Waals surface area contributed by atoms with E-state index in [9.17, 15) is 10.1 Å². The predicted molar refractivity (Wildman–Crippen MR) is 144 cm³/mol. The Morgan fingerprint density at radius 2 is 1.89 bits per heavy atom. The molecule has 0 saturated carbocycles. The Morgan fingerprint density at radius 1 is 1.11 bits per heavy atom. The number of amides is 1. The van der Waals surface area contributed by atoms with Crippen molar-refractivity contribution in [3.05, 3.63) is 75.9 Å². The Bertz CT molecular complexity index is 1250. The molecule has 0 spiro atoms. The van der Waals surface area contributed by atoms with Crippen molar-refractivity contribution in [2.45, 2.75) is 33.9 Å². The first kappa shape index (κ1) is 27.5. The number of hydrogen-bond acceptors (Lipinski definition) is 5. The van der Waals surface area contributed by atoms with Crippen LogP contribution in [0.2, 0.25) is 5.02 Å². The van der Waals surface area contributed by atoms with E-state index in [1.807, 2.05) is 60.1 Å². The molecule has 2 aromatic carbocycles. The van der Waals surface area contributed by atoms with Gasteiger partial charge >= 0.3 is 0 Å². The summed E-state index contributed by atoms with van der Waals surface area (Å²) < 4.78 is 7.87. The average Bonchev–Trinajstić information content (AvgIpc) is 3.18. The zero-order valence-corrected chi connectivity index (χ0v) is 22.3. The molecule has 0 radical (unpaired) electrons. The molecular weight excluding hydrogens is 497 g/mol. The van der Waals surface area contributed by atoms with E-state index in [0.29, 0.717) is 55.1 Å². The Kier molecular flexibility index (Phi) is 9.38. The summed E-state index contributed by atoms with van der Waals surface area (Å²) >= 11 is 6.26. The fourth-order valence-corrected chi connectivity index (χ4v) is 4.32. The number of anilines is 1. The molecule has 1 aliphatic heterocycles. The van der Waals surface area contributed by atoms with Crippen LogP contribution in [0.4, 0.5) is 5.82 Å². The van der Waals surface area contributed by atoms with E-state index in [1.165, 1.54) is 0 Å². The first-order chi connectivity index (χ1) is 16.8. The van der Waals surface area contributed by atoms with Crippen LogP contribution in [0.25, 0.3) is 0 Å². The Balaban J connectivity index is 0.00000361. The molecule has 0 N–H and O–H groups in total. The number of hydrogen-bond donors (Lipinski definition) is 0. The lowest BCUT2D eigenvalue weighted by molar-refractivity contribution is -0.121. The number of rotatable bonds is 8. The van der Waals surface area contributed by atoms with Crippen LogP contribution >= 0.6 is 24.0 Å². The van der Waals surface area contributed by atoms with Gasteiger partial charge in [0.15, 0.2) is 5.82 Å². The van der Waals surface area contributed by atoms with Gasteiger partial charge in [-0.25, -0.2) is 0 Å². The molecule has 36 heavy (non-hydrogen) atoms. The second kappa shape index (κ2) is 12.3. The number of ether oxygens (including phenoxy) is 1. The van der Waals surface area contributed by atoms with Gasteiger partial charge in [-0.15, -0.1) is 12.4 Å². The second-order valence-electron chi connectivity index (χ2n) is 9.28. The van der Waals surface area contributed by atoms with Crippen molar-refractivity contribution in [1.29, 1.82) is 5.26 Å². The summed E-state index contributed by atoms with van der Waals surface area (Å²) in [5.41, 5.74) is 3.49. The van der Waals surface area contributed by atoms with Gasteiger partial charge in [-0.1, -0.05) is 43.6 Å². The average molecular weight is 528 g/mol. The molecular formula is C27H31Cl2N5O2. The lowest BCUT2D eigenvalue weighted by Gasteiger charge is -2.33. The van der Waals surface area contributed by atoms with E-state index in [1.54, 1.807) is 4.90 Å². The number of nitrogens with zero attached hydrogens (tertiary/aromatic N) is 5. The number of aryl methyl sites for hydroxylation is 1. The number of aromatic nitrogens is 2. The van der Waals surface area contributed by atoms with Gasteiger partial charge in [-0.2, -0.15) is 10.4 Å². The third-order valence-electron chi connectivity index (χ3n) is 5.99. The van der Waals surface area contributed by atoms with Crippen molar-refractivity contribution in [1.82, 2.24) is 14.7 Å². The minimum Gasteiger partial charge on any atom is -0.493 e. The smallest absolute Gasteiger partial charge is 0.242 e. The molecule has 190 valence electrons. The summed E-state index contributed by atoms with van der Waals surface area (Å²) in [5, 5.41) is 14.7. The van der Waals surface area contributed by atoms with Gasteiger partial charge in [0.1, 0.15) is 5.75 Å². The maximum Gasteiger partial charge on any atom is 0.242 e. The van der Waals surface area contributed by atoms with Crippen LogP contribution < -0.4 is 9.64 Å². The quantitative estimate of drug-likeness (QED) is 0.408. The number of carbonyl (C=O) groups excluding carboxylic acids is 1. The number of benzene rings is 2. The van der Waals surface area contributed by atoms with Crippen LogP contribution in [0.1, 0.15) is 36.2 Å². The van der Waals surface area contributed by atoms with Crippen LogP contribution in [0, 0.1) is 24.2 Å². The van der Waals surface area contributed by atoms with Crippen molar-refractivity contribution in [2.24, 2.45) is 5.92 Å². The van der Waals surface area contributed by atoms with Gasteiger partial charge in [0.05, 0.1) is 31.3 Å². The fraction of sp³-hybridized carbons (Fsp3) is 0.370. The Hall–Kier alpha value is -3.05. The van der Waals surface area contributed by atoms with Crippen molar-refractivity contribution < 1.29 is 9.53 Å². The van der Waals surface area contributed by atoms with Crippen LogP contribution in [0.5, 0.6) is 5.75 Å². The van der Waals surface area contributed by atoms with Gasteiger partial charge in [0.25, 0.3) is 0 Å². The second-order valence-corrected chi connectivity index (χ2v) is 9.72. The number of piperazine rings is 1. The van der Waals surface area contributed by atoms with E-state index in [2.05, 4.69) is 24.8 Å². The largest absolute Gasteiger partial charge is 0.493 e. The molecule has 1 aliphatic rings. The van der Waals surface area contributed by atoms with E-state index in [0.717, 1.165) is 22.6 Å². The zero-order chi connectivity index (χ0) is 24.9. The van der Waals surface area contributed by atoms with Crippen LogP contribution in [-0.2, 0) is 17.9 Å². The summed E-state index contributed by atoms with van der Waals surface area (Å²) in [7, 11) is 0. The molecule has 0 bridgehead atoms. The molecule has 9 heteroatoms. The summed E-state index contributed by atoms with van der Waals surface area (Å²) in [4.78, 5) is 16.8. The molecule has 0 aliphatic carbocycles. The topological polar surface area (TPSA) is 74.4 Å². The van der Waals surface area contributed by atoms with Gasteiger partial charge in [0.2, 0.25) is 5.91 Å². The van der Waals surface area contributed by atoms with Crippen molar-refractivity contribution in [3.8, 4) is 11.8 Å². The first-order valence-electron chi connectivity index (χ1n) is 11.8. The maximum atomic E-state index is 13.0. The molecule has 1 fully saturated rings. The highest BCUT2D eigenvalue weighted by Crippen LogP contribution is 2.26. The number of halogens is 2. The zero-order valence-electron chi connectivity index (χ0n) is 20.8. The first-order valence-corrected chi connectivity index (χ1v) is 12.2. The van der Waals surface area contributed by atoms with Gasteiger partial charge in [-0.05, 0) is 42.7 Å². The van der Waals surface area contributed by atoms with Gasteiger partial charge < -0.3 is 4.74 Å². The van der Waals surface area contributed by atoms with Crippen LogP contribution in [0.3, 0.4) is 0 Å². The van der Waals surface area contributed by atoms with Gasteiger partial charge in [0, 0.05) is 42.0 Å². The number of nitriles is 1. The van der Waals surface area contributed by atoms with Crippen molar-refractivity contribution in [3.63, 3.8) is 0 Å². The standard InChI is InChI=1S/C27H30ClN5O2.ClH/c1-19(2)18-35-25-9-8-24(28)13-23(25)16-33-20(3)12-26(30-33)32-11-10-31(17-27(32)34)15-22-7-5-4-6-21(22)14-29;/h4-9,12-13,19H,10-11,15-18H2,1-3H3;1H. The maximum absolute atomic E-state index is 13.0. The highest BCUT2D eigenvalue weighted by Gasteiger charge is 2.27. The summed E-state index contributed by atoms with van der Waals surface area (Å²) in [6, 6.07) is 17.3. The minimum absolute atomic E-state index is 0. The van der Waals surface area contributed by atoms with Crippen LogP contribution in [0.15, 0.2) is 48.5 Å². The molecule has 4 rings (SSSR count). The third-order valence-corrected chi connectivity index (χ3v) is 6.23. The van der Waals surface area contributed by atoms with E-state index >= 15 is 0 Å². The highest BCUT2D eigenvalue weighted by molar-refractivity contribution is 6.30. The predicted octanol–water partition coefficient (Wildman–Crippen LogP) is 5.07. The van der Waals surface area contributed by atoms with E-state index < -0.39 is 0 Å². The molecule has 7 nitrogen and oxygen atoms in total. The monoisotopic (exact) mass is 527 g/mol. The van der Waals surface area contributed by atoms with E-state index in [4.69, 9.17) is 21.4 Å². The Labute approximate surface area is 223 Å². The van der Waals surface area contributed by atoms with Crippen molar-refractivity contribution >= 4 is 35.7 Å². The SMILES string of the molecule is Cc1cc(N2CCN(Cc3ccccc3C#N)CC2=O)nn1Cc1cc(Cl)ccc1OCC(C)C.Cl. The van der Waals surface area contributed by atoms with Crippen molar-refractivity contribution in [2.75, 3.05) is 31.1 Å². The Morgan fingerprint density at radius 3 is 2.61 bits per heavy atom. The normalized spacial score (nSPS) is 14.0. The molecule has 2 heterocycles. The lowest BCUT2D eigenvalue weighted by atomic mass is 10.1. The molecule has 1 saturated heterocycles. The molecule has 1 aromatic heterocycles.